The molecule has 3 aromatic rings. The van der Waals surface area contributed by atoms with Crippen molar-refractivity contribution in [1.82, 2.24) is 19.6 Å². The number of rotatable bonds is 7. The molecular formula is C23H26N4O3. The third-order valence-electron chi connectivity index (χ3n) is 5.43. The molecule has 3 heterocycles. The third-order valence-corrected chi connectivity index (χ3v) is 5.43. The number of hydrogen-bond acceptors (Lipinski definition) is 4. The molecule has 1 fully saturated rings. The Kier molecular flexibility index (Phi) is 6.09. The van der Waals surface area contributed by atoms with E-state index >= 15 is 0 Å². The van der Waals surface area contributed by atoms with Crippen LogP contribution in [0.3, 0.4) is 0 Å². The molecule has 0 aliphatic carbocycles. The fourth-order valence-electron chi connectivity index (χ4n) is 3.99. The molecule has 1 saturated heterocycles. The zero-order chi connectivity index (χ0) is 20.9. The molecule has 1 aromatic carbocycles. The van der Waals surface area contributed by atoms with Gasteiger partial charge in [0.15, 0.2) is 5.69 Å². The first-order valence-electron chi connectivity index (χ1n) is 10.3. The number of fused-ring (bicyclic) bond motifs is 1. The number of amides is 2. The van der Waals surface area contributed by atoms with Gasteiger partial charge in [0.05, 0.1) is 11.6 Å². The number of likely N-dealkylation sites (tertiary alicyclic amines) is 1. The van der Waals surface area contributed by atoms with E-state index in [4.69, 9.17) is 9.72 Å². The van der Waals surface area contributed by atoms with Crippen LogP contribution in [0.15, 0.2) is 54.7 Å². The van der Waals surface area contributed by atoms with E-state index in [0.717, 1.165) is 30.6 Å². The number of ether oxygens (including phenoxy) is 1. The number of carbonyl (C=O) groups excluding carboxylic acids is 2. The molecule has 4 rings (SSSR count). The van der Waals surface area contributed by atoms with E-state index in [-0.39, 0.29) is 17.9 Å². The number of aromatic nitrogens is 2. The van der Waals surface area contributed by atoms with Crippen LogP contribution in [0.2, 0.25) is 0 Å². The summed E-state index contributed by atoms with van der Waals surface area (Å²) >= 11 is 0. The van der Waals surface area contributed by atoms with Crippen LogP contribution in [-0.2, 0) is 4.74 Å². The summed E-state index contributed by atoms with van der Waals surface area (Å²) in [7, 11) is 1.64. The SMILES string of the molecule is COCCCNC(=O)c1nc([C@H]2CCCN2C(=O)c2ccccc2)n2ccccc12. The summed E-state index contributed by atoms with van der Waals surface area (Å²) in [5.41, 5.74) is 1.80. The first kappa shape index (κ1) is 20.1. The minimum absolute atomic E-state index is 0.00338. The quantitative estimate of drug-likeness (QED) is 0.612. The number of methoxy groups -OCH3 is 1. The average Bonchev–Trinajstić information content (AvgIpc) is 3.41. The summed E-state index contributed by atoms with van der Waals surface area (Å²) in [5.74, 6) is 0.519. The fraction of sp³-hybridized carbons (Fsp3) is 0.348. The lowest BCUT2D eigenvalue weighted by molar-refractivity contribution is 0.0729. The molecule has 0 spiro atoms. The molecule has 0 bridgehead atoms. The van der Waals surface area contributed by atoms with Gasteiger partial charge < -0.3 is 19.4 Å². The Bertz CT molecular complexity index is 1030. The van der Waals surface area contributed by atoms with Crippen LogP contribution in [-0.4, -0.2) is 52.9 Å². The Labute approximate surface area is 175 Å². The molecule has 30 heavy (non-hydrogen) atoms. The van der Waals surface area contributed by atoms with Gasteiger partial charge in [0, 0.05) is 38.6 Å². The van der Waals surface area contributed by atoms with Crippen molar-refractivity contribution in [3.63, 3.8) is 0 Å². The molecule has 1 N–H and O–H groups in total. The number of pyridine rings is 1. The van der Waals surface area contributed by atoms with Crippen LogP contribution in [0.4, 0.5) is 0 Å². The van der Waals surface area contributed by atoms with E-state index in [1.165, 1.54) is 0 Å². The van der Waals surface area contributed by atoms with Crippen molar-refractivity contribution in [2.24, 2.45) is 0 Å². The van der Waals surface area contributed by atoms with Crippen LogP contribution >= 0.6 is 0 Å². The highest BCUT2D eigenvalue weighted by atomic mass is 16.5. The Hall–Kier alpha value is -3.19. The van der Waals surface area contributed by atoms with E-state index < -0.39 is 0 Å². The lowest BCUT2D eigenvalue weighted by Gasteiger charge is -2.24. The van der Waals surface area contributed by atoms with E-state index in [0.29, 0.717) is 31.0 Å². The van der Waals surface area contributed by atoms with Gasteiger partial charge in [-0.25, -0.2) is 4.98 Å². The van der Waals surface area contributed by atoms with Crippen molar-refractivity contribution in [2.45, 2.75) is 25.3 Å². The molecule has 2 amide bonds. The second-order valence-electron chi connectivity index (χ2n) is 7.40. The predicted octanol–water partition coefficient (Wildman–Crippen LogP) is 3.08. The summed E-state index contributed by atoms with van der Waals surface area (Å²) in [6, 6.07) is 14.8. The van der Waals surface area contributed by atoms with Crippen LogP contribution < -0.4 is 5.32 Å². The summed E-state index contributed by atoms with van der Waals surface area (Å²) in [6.07, 6.45) is 4.37. The molecule has 156 valence electrons. The molecule has 0 unspecified atom stereocenters. The molecule has 1 aliphatic heterocycles. The third kappa shape index (κ3) is 3.93. The number of nitrogens with zero attached hydrogens (tertiary/aromatic N) is 3. The first-order valence-corrected chi connectivity index (χ1v) is 10.3. The molecule has 0 saturated carbocycles. The standard InChI is InChI=1S/C23H26N4O3/c1-30-16-8-13-24-22(28)20-18-11-5-6-14-26(18)21(25-20)19-12-7-15-27(19)23(29)17-9-3-2-4-10-17/h2-6,9-11,14,19H,7-8,12-13,15-16H2,1H3,(H,24,28)/t19-/m1/s1. The van der Waals surface area contributed by atoms with Gasteiger partial charge in [-0.1, -0.05) is 24.3 Å². The van der Waals surface area contributed by atoms with Crippen molar-refractivity contribution in [3.05, 3.63) is 71.8 Å². The van der Waals surface area contributed by atoms with Crippen molar-refractivity contribution in [1.29, 1.82) is 0 Å². The topological polar surface area (TPSA) is 75.9 Å². The maximum atomic E-state index is 13.1. The second-order valence-corrected chi connectivity index (χ2v) is 7.40. The van der Waals surface area contributed by atoms with Crippen molar-refractivity contribution >= 4 is 17.3 Å². The van der Waals surface area contributed by atoms with Crippen LogP contribution in [0.1, 0.15) is 52.0 Å². The summed E-state index contributed by atoms with van der Waals surface area (Å²) in [4.78, 5) is 32.5. The Balaban J connectivity index is 1.64. The number of imidazole rings is 1. The fourth-order valence-corrected chi connectivity index (χ4v) is 3.99. The normalized spacial score (nSPS) is 16.2. The summed E-state index contributed by atoms with van der Waals surface area (Å²) in [6.45, 7) is 1.79. The van der Waals surface area contributed by atoms with Gasteiger partial charge >= 0.3 is 0 Å². The molecule has 7 heteroatoms. The molecular weight excluding hydrogens is 380 g/mol. The number of hydrogen-bond donors (Lipinski definition) is 1. The van der Waals surface area contributed by atoms with Gasteiger partial charge in [0.2, 0.25) is 0 Å². The highest BCUT2D eigenvalue weighted by Crippen LogP contribution is 2.33. The van der Waals surface area contributed by atoms with Gasteiger partial charge in [-0.15, -0.1) is 0 Å². The lowest BCUT2D eigenvalue weighted by Crippen LogP contribution is -2.31. The van der Waals surface area contributed by atoms with E-state index in [9.17, 15) is 9.59 Å². The number of carbonyl (C=O) groups is 2. The first-order chi connectivity index (χ1) is 14.7. The van der Waals surface area contributed by atoms with Crippen LogP contribution in [0.25, 0.3) is 5.52 Å². The lowest BCUT2D eigenvalue weighted by atomic mass is 10.1. The van der Waals surface area contributed by atoms with Gasteiger partial charge in [-0.05, 0) is 43.5 Å². The zero-order valence-corrected chi connectivity index (χ0v) is 17.1. The van der Waals surface area contributed by atoms with Crippen LogP contribution in [0, 0.1) is 0 Å². The molecule has 7 nitrogen and oxygen atoms in total. The van der Waals surface area contributed by atoms with Crippen LogP contribution in [0.5, 0.6) is 0 Å². The van der Waals surface area contributed by atoms with E-state index in [1.54, 1.807) is 7.11 Å². The van der Waals surface area contributed by atoms with Crippen molar-refractivity contribution in [2.75, 3.05) is 26.8 Å². The molecule has 0 radical (unpaired) electrons. The van der Waals surface area contributed by atoms with E-state index in [1.807, 2.05) is 64.0 Å². The minimum atomic E-state index is -0.208. The predicted molar refractivity (Wildman–Crippen MR) is 113 cm³/mol. The Morgan fingerprint density at radius 1 is 1.17 bits per heavy atom. The van der Waals surface area contributed by atoms with Gasteiger partial charge in [-0.3, -0.25) is 9.59 Å². The maximum absolute atomic E-state index is 13.1. The smallest absolute Gasteiger partial charge is 0.272 e. The second kappa shape index (κ2) is 9.09. The maximum Gasteiger partial charge on any atom is 0.272 e. The molecule has 2 aromatic heterocycles. The monoisotopic (exact) mass is 406 g/mol. The van der Waals surface area contributed by atoms with Gasteiger partial charge in [0.1, 0.15) is 5.82 Å². The zero-order valence-electron chi connectivity index (χ0n) is 17.1. The minimum Gasteiger partial charge on any atom is -0.385 e. The summed E-state index contributed by atoms with van der Waals surface area (Å²) in [5, 5.41) is 2.91. The number of benzene rings is 1. The van der Waals surface area contributed by atoms with Crippen molar-refractivity contribution < 1.29 is 14.3 Å². The largest absolute Gasteiger partial charge is 0.385 e. The summed E-state index contributed by atoms with van der Waals surface area (Å²) < 4.78 is 6.97. The number of nitrogens with one attached hydrogen (secondary N) is 1. The highest BCUT2D eigenvalue weighted by Gasteiger charge is 2.34. The average molecular weight is 406 g/mol. The van der Waals surface area contributed by atoms with Gasteiger partial charge in [0.25, 0.3) is 11.8 Å². The molecule has 1 atom stereocenters. The van der Waals surface area contributed by atoms with Crippen molar-refractivity contribution in [3.8, 4) is 0 Å². The van der Waals surface area contributed by atoms with E-state index in [2.05, 4.69) is 5.32 Å². The Morgan fingerprint density at radius 3 is 2.77 bits per heavy atom. The van der Waals surface area contributed by atoms with Gasteiger partial charge in [-0.2, -0.15) is 0 Å². The Morgan fingerprint density at radius 2 is 1.97 bits per heavy atom. The highest BCUT2D eigenvalue weighted by molar-refractivity contribution is 5.99. The molecule has 1 aliphatic rings.